The maximum atomic E-state index is 12.3. The molecule has 0 bridgehead atoms. The van der Waals surface area contributed by atoms with Crippen LogP contribution in [0.2, 0.25) is 0 Å². The van der Waals surface area contributed by atoms with Gasteiger partial charge in [0, 0.05) is 5.56 Å². The fraction of sp³-hybridized carbons (Fsp3) is 0. The second-order valence-electron chi connectivity index (χ2n) is 6.12. The summed E-state index contributed by atoms with van der Waals surface area (Å²) in [5.74, 6) is -0.134. The van der Waals surface area contributed by atoms with Crippen molar-refractivity contribution in [2.45, 2.75) is 4.90 Å². The van der Waals surface area contributed by atoms with E-state index >= 15 is 0 Å². The average molecular weight is 405 g/mol. The lowest BCUT2D eigenvalue weighted by Gasteiger charge is -2.07. The van der Waals surface area contributed by atoms with Crippen molar-refractivity contribution in [3.05, 3.63) is 102 Å². The molecule has 0 radical (unpaired) electrons. The predicted molar refractivity (Wildman–Crippen MR) is 108 cm³/mol. The maximum Gasteiger partial charge on any atom is 0.363 e. The van der Waals surface area contributed by atoms with E-state index < -0.39 is 16.1 Å². The molecule has 1 aliphatic heterocycles. The Morgan fingerprint density at radius 1 is 0.828 bits per heavy atom. The van der Waals surface area contributed by atoms with Crippen LogP contribution in [-0.2, 0) is 19.6 Å². The summed E-state index contributed by atoms with van der Waals surface area (Å²) in [7, 11) is -3.91. The summed E-state index contributed by atoms with van der Waals surface area (Å²) in [4.78, 5) is 16.4. The van der Waals surface area contributed by atoms with Gasteiger partial charge in [-0.2, -0.15) is 8.42 Å². The third-order valence-corrected chi connectivity index (χ3v) is 5.32. The molecule has 0 atom stereocenters. The van der Waals surface area contributed by atoms with Crippen molar-refractivity contribution in [1.82, 2.24) is 0 Å². The average Bonchev–Trinajstić information content (AvgIpc) is 3.11. The Morgan fingerprint density at radius 2 is 1.45 bits per heavy atom. The van der Waals surface area contributed by atoms with Crippen molar-refractivity contribution in [2.75, 3.05) is 0 Å². The van der Waals surface area contributed by atoms with E-state index in [-0.39, 0.29) is 22.2 Å². The fourth-order valence-corrected chi connectivity index (χ4v) is 3.60. The molecule has 0 aromatic heterocycles. The van der Waals surface area contributed by atoms with E-state index in [0.717, 1.165) is 0 Å². The summed E-state index contributed by atoms with van der Waals surface area (Å²) in [5.41, 5.74) is 1.52. The minimum Gasteiger partial charge on any atom is -0.402 e. The van der Waals surface area contributed by atoms with Crippen molar-refractivity contribution in [1.29, 1.82) is 0 Å². The minimum absolute atomic E-state index is 0.0719. The van der Waals surface area contributed by atoms with E-state index in [9.17, 15) is 13.2 Å². The van der Waals surface area contributed by atoms with Gasteiger partial charge in [-0.3, -0.25) is 0 Å². The number of rotatable bonds is 5. The zero-order valence-electron chi connectivity index (χ0n) is 15.1. The molecular weight excluding hydrogens is 390 g/mol. The van der Waals surface area contributed by atoms with Crippen molar-refractivity contribution in [3.63, 3.8) is 0 Å². The van der Waals surface area contributed by atoms with Gasteiger partial charge in [-0.05, 0) is 48.0 Å². The second-order valence-corrected chi connectivity index (χ2v) is 7.67. The Bertz CT molecular complexity index is 1200. The molecule has 0 aliphatic carbocycles. The Labute approximate surface area is 167 Å². The van der Waals surface area contributed by atoms with Gasteiger partial charge in [0.1, 0.15) is 10.6 Å². The van der Waals surface area contributed by atoms with E-state index in [1.54, 1.807) is 48.5 Å². The molecule has 0 saturated carbocycles. The van der Waals surface area contributed by atoms with Gasteiger partial charge in [-0.15, -0.1) is 0 Å². The van der Waals surface area contributed by atoms with Crippen LogP contribution in [-0.4, -0.2) is 20.3 Å². The summed E-state index contributed by atoms with van der Waals surface area (Å²) < 4.78 is 34.9. The fourth-order valence-electron chi connectivity index (χ4n) is 2.65. The highest BCUT2D eigenvalue weighted by molar-refractivity contribution is 7.87. The number of aliphatic imine (C=N–C) groups is 1. The first-order chi connectivity index (χ1) is 14.0. The lowest BCUT2D eigenvalue weighted by Crippen LogP contribution is -2.09. The third kappa shape index (κ3) is 4.25. The molecule has 0 saturated heterocycles. The SMILES string of the molecule is O=C1OC(c2ccccc2)=NC1=Cc1ccc(OS(=O)(=O)c2ccccc2)cc1. The second kappa shape index (κ2) is 7.73. The first kappa shape index (κ1) is 18.6. The highest BCUT2D eigenvalue weighted by atomic mass is 32.2. The Morgan fingerprint density at radius 3 is 2.10 bits per heavy atom. The normalized spacial score (nSPS) is 15.1. The number of nitrogens with zero attached hydrogens (tertiary/aromatic N) is 1. The number of carbonyl (C=O) groups is 1. The van der Waals surface area contributed by atoms with Crippen molar-refractivity contribution in [2.24, 2.45) is 4.99 Å². The number of hydrogen-bond donors (Lipinski definition) is 0. The van der Waals surface area contributed by atoms with Crippen LogP contribution < -0.4 is 4.18 Å². The number of benzene rings is 3. The molecule has 1 heterocycles. The highest BCUT2D eigenvalue weighted by Gasteiger charge is 2.24. The van der Waals surface area contributed by atoms with Gasteiger partial charge in [0.15, 0.2) is 5.70 Å². The lowest BCUT2D eigenvalue weighted by atomic mass is 10.2. The van der Waals surface area contributed by atoms with E-state index in [0.29, 0.717) is 11.1 Å². The predicted octanol–water partition coefficient (Wildman–Crippen LogP) is 3.80. The van der Waals surface area contributed by atoms with Gasteiger partial charge in [-0.25, -0.2) is 9.79 Å². The molecule has 7 heteroatoms. The molecule has 144 valence electrons. The van der Waals surface area contributed by atoms with E-state index in [2.05, 4.69) is 4.99 Å². The van der Waals surface area contributed by atoms with E-state index in [4.69, 9.17) is 8.92 Å². The van der Waals surface area contributed by atoms with Crippen LogP contribution in [0.25, 0.3) is 6.08 Å². The Balaban J connectivity index is 1.53. The molecule has 0 N–H and O–H groups in total. The number of ether oxygens (including phenoxy) is 1. The third-order valence-electron chi connectivity index (χ3n) is 4.06. The van der Waals surface area contributed by atoms with Crippen LogP contribution in [0.4, 0.5) is 0 Å². The molecule has 6 nitrogen and oxygen atoms in total. The quantitative estimate of drug-likeness (QED) is 0.366. The number of cyclic esters (lactones) is 1. The van der Waals surface area contributed by atoms with Crippen LogP contribution in [0.5, 0.6) is 5.75 Å². The van der Waals surface area contributed by atoms with E-state index in [1.165, 1.54) is 24.3 Å². The van der Waals surface area contributed by atoms with Gasteiger partial charge in [0.2, 0.25) is 5.90 Å². The molecule has 0 unspecified atom stereocenters. The number of esters is 1. The smallest absolute Gasteiger partial charge is 0.363 e. The maximum absolute atomic E-state index is 12.3. The molecule has 3 aromatic carbocycles. The summed E-state index contributed by atoms with van der Waals surface area (Å²) in [6.07, 6.45) is 1.56. The zero-order valence-corrected chi connectivity index (χ0v) is 15.9. The van der Waals surface area contributed by atoms with Crippen LogP contribution in [0, 0.1) is 0 Å². The van der Waals surface area contributed by atoms with Crippen LogP contribution in [0.1, 0.15) is 11.1 Å². The van der Waals surface area contributed by atoms with Gasteiger partial charge in [0.05, 0.1) is 0 Å². The van der Waals surface area contributed by atoms with Gasteiger partial charge >= 0.3 is 16.1 Å². The molecule has 1 aliphatic rings. The minimum atomic E-state index is -3.91. The molecule has 29 heavy (non-hydrogen) atoms. The molecule has 4 rings (SSSR count). The lowest BCUT2D eigenvalue weighted by molar-refractivity contribution is -0.129. The molecule has 3 aromatic rings. The van der Waals surface area contributed by atoms with Crippen LogP contribution in [0.3, 0.4) is 0 Å². The number of hydrogen-bond acceptors (Lipinski definition) is 6. The summed E-state index contributed by atoms with van der Waals surface area (Å²) in [6, 6.07) is 23.3. The van der Waals surface area contributed by atoms with Crippen LogP contribution in [0.15, 0.2) is 101 Å². The number of carbonyl (C=O) groups excluding carboxylic acids is 1. The zero-order chi connectivity index (χ0) is 20.3. The topological polar surface area (TPSA) is 82.0 Å². The Kier molecular flexibility index (Phi) is 4.97. The van der Waals surface area contributed by atoms with Crippen molar-refractivity contribution in [3.8, 4) is 5.75 Å². The van der Waals surface area contributed by atoms with Gasteiger partial charge in [-0.1, -0.05) is 48.5 Å². The largest absolute Gasteiger partial charge is 0.402 e. The van der Waals surface area contributed by atoms with Gasteiger partial charge < -0.3 is 8.92 Å². The van der Waals surface area contributed by atoms with Crippen molar-refractivity contribution >= 4 is 28.1 Å². The van der Waals surface area contributed by atoms with Gasteiger partial charge in [0.25, 0.3) is 0 Å². The summed E-state index contributed by atoms with van der Waals surface area (Å²) >= 11 is 0. The van der Waals surface area contributed by atoms with Crippen LogP contribution >= 0.6 is 0 Å². The molecular formula is C22H15NO5S. The summed E-state index contributed by atoms with van der Waals surface area (Å²) in [6.45, 7) is 0. The standard InChI is InChI=1S/C22H15NO5S/c24-22-20(23-21(27-22)17-7-3-1-4-8-17)15-16-11-13-18(14-12-16)28-29(25,26)19-9-5-2-6-10-19/h1-15H. The molecule has 0 spiro atoms. The molecule has 0 fully saturated rings. The first-order valence-electron chi connectivity index (χ1n) is 8.69. The van der Waals surface area contributed by atoms with E-state index in [1.807, 2.05) is 18.2 Å². The molecule has 0 amide bonds. The Hall–Kier alpha value is -3.71. The highest BCUT2D eigenvalue weighted by Crippen LogP contribution is 2.22. The van der Waals surface area contributed by atoms with Crippen molar-refractivity contribution < 1.29 is 22.1 Å². The first-order valence-corrected chi connectivity index (χ1v) is 10.1. The summed E-state index contributed by atoms with van der Waals surface area (Å²) in [5, 5.41) is 0. The monoisotopic (exact) mass is 405 g/mol.